The van der Waals surface area contributed by atoms with Crippen molar-refractivity contribution in [2.45, 2.75) is 46.3 Å². The molecular weight excluding hydrogens is 385 g/mol. The van der Waals surface area contributed by atoms with Gasteiger partial charge in [-0.25, -0.2) is 6.57 Å². The van der Waals surface area contributed by atoms with Crippen molar-refractivity contribution < 1.29 is 13.2 Å². The number of likely N-dealkylation sites (tertiary alicyclic amines) is 1. The molecule has 0 radical (unpaired) electrons. The molecule has 0 spiro atoms. The van der Waals surface area contributed by atoms with Crippen LogP contribution in [-0.4, -0.2) is 24.5 Å². The molecule has 1 fully saturated rings. The fourth-order valence-electron chi connectivity index (χ4n) is 4.37. The van der Waals surface area contributed by atoms with Crippen LogP contribution in [0.3, 0.4) is 0 Å². The summed E-state index contributed by atoms with van der Waals surface area (Å²) in [6, 6.07) is 13.2. The largest absolute Gasteiger partial charge is 0.416 e. The van der Waals surface area contributed by atoms with Crippen LogP contribution in [0.1, 0.15) is 44.7 Å². The molecule has 0 amide bonds. The molecule has 2 nitrogen and oxygen atoms in total. The lowest BCUT2D eigenvalue weighted by molar-refractivity contribution is -0.137. The maximum atomic E-state index is 13.0. The number of halogens is 3. The van der Waals surface area contributed by atoms with Crippen LogP contribution in [0.2, 0.25) is 0 Å². The van der Waals surface area contributed by atoms with Gasteiger partial charge in [0.05, 0.1) is 5.56 Å². The van der Waals surface area contributed by atoms with E-state index in [0.29, 0.717) is 12.1 Å². The molecule has 0 atom stereocenters. The Bertz CT molecular complexity index is 894. The minimum Gasteiger partial charge on any atom is -0.316 e. The highest BCUT2D eigenvalue weighted by atomic mass is 19.4. The van der Waals surface area contributed by atoms with E-state index >= 15 is 0 Å². The smallest absolute Gasteiger partial charge is 0.316 e. The fourth-order valence-corrected chi connectivity index (χ4v) is 4.37. The molecule has 1 saturated heterocycles. The van der Waals surface area contributed by atoms with E-state index in [4.69, 9.17) is 6.57 Å². The fraction of sp³-hybridized carbons (Fsp3) is 0.480. The third-order valence-corrected chi connectivity index (χ3v) is 6.67. The van der Waals surface area contributed by atoms with Crippen molar-refractivity contribution in [3.05, 3.63) is 71.1 Å². The van der Waals surface area contributed by atoms with Gasteiger partial charge in [-0.15, -0.1) is 0 Å². The Morgan fingerprint density at radius 3 is 2.13 bits per heavy atom. The lowest BCUT2D eigenvalue weighted by atomic mass is 9.61. The molecular formula is C25H29F3N2. The second kappa shape index (κ2) is 8.43. The highest BCUT2D eigenvalue weighted by Crippen LogP contribution is 2.47. The SMILES string of the molecule is [C-]#[N+]CC1(C(C)(C)C)CCN(Cc2ccc(-c3cccc(C(F)(F)F)c3)cc2)CC1. The Morgan fingerprint density at radius 2 is 1.60 bits per heavy atom. The van der Waals surface area contributed by atoms with Crippen molar-refractivity contribution in [2.75, 3.05) is 19.6 Å². The lowest BCUT2D eigenvalue weighted by Gasteiger charge is -2.46. The van der Waals surface area contributed by atoms with Crippen molar-refractivity contribution in [3.63, 3.8) is 0 Å². The summed E-state index contributed by atoms with van der Waals surface area (Å²) in [6.07, 6.45) is -2.30. The number of piperidine rings is 1. The Balaban J connectivity index is 1.66. The van der Waals surface area contributed by atoms with E-state index in [1.165, 1.54) is 12.1 Å². The first-order valence-electron chi connectivity index (χ1n) is 10.4. The van der Waals surface area contributed by atoms with Crippen molar-refractivity contribution in [2.24, 2.45) is 10.8 Å². The maximum absolute atomic E-state index is 13.0. The Kier molecular flexibility index (Phi) is 6.29. The molecule has 2 aromatic rings. The lowest BCUT2D eigenvalue weighted by Crippen LogP contribution is -2.47. The molecule has 1 aliphatic heterocycles. The molecule has 0 aromatic heterocycles. The predicted octanol–water partition coefficient (Wildman–Crippen LogP) is 6.92. The van der Waals surface area contributed by atoms with Gasteiger partial charge < -0.3 is 4.85 Å². The summed E-state index contributed by atoms with van der Waals surface area (Å²) in [7, 11) is 0. The van der Waals surface area contributed by atoms with E-state index in [0.717, 1.165) is 49.7 Å². The van der Waals surface area contributed by atoms with Gasteiger partial charge in [0.2, 0.25) is 6.54 Å². The number of rotatable bonds is 4. The topological polar surface area (TPSA) is 7.60 Å². The first kappa shape index (κ1) is 22.4. The average molecular weight is 415 g/mol. The van der Waals surface area contributed by atoms with E-state index < -0.39 is 11.7 Å². The summed E-state index contributed by atoms with van der Waals surface area (Å²) in [5.41, 5.74) is 2.06. The standard InChI is InChI=1S/C25H29F3N2/c1-23(2,3)24(18-29-4)12-14-30(15-13-24)17-19-8-10-20(11-9-19)21-6-5-7-22(16-21)25(26,27)28/h5-11,16H,12-15,17-18H2,1-3H3. The second-order valence-corrected chi connectivity index (χ2v) is 9.40. The van der Waals surface area contributed by atoms with E-state index in [-0.39, 0.29) is 10.8 Å². The highest BCUT2D eigenvalue weighted by molar-refractivity contribution is 5.64. The summed E-state index contributed by atoms with van der Waals surface area (Å²) in [4.78, 5) is 6.14. The van der Waals surface area contributed by atoms with Crippen molar-refractivity contribution in [1.82, 2.24) is 4.90 Å². The summed E-state index contributed by atoms with van der Waals surface area (Å²) in [6.45, 7) is 17.4. The van der Waals surface area contributed by atoms with E-state index in [2.05, 4.69) is 30.5 Å². The second-order valence-electron chi connectivity index (χ2n) is 9.40. The highest BCUT2D eigenvalue weighted by Gasteiger charge is 2.46. The van der Waals surface area contributed by atoms with E-state index in [9.17, 15) is 13.2 Å². The molecule has 1 heterocycles. The van der Waals surface area contributed by atoms with Crippen LogP contribution in [0.5, 0.6) is 0 Å². The first-order chi connectivity index (χ1) is 14.0. The molecule has 2 aromatic carbocycles. The van der Waals surface area contributed by atoms with Gasteiger partial charge in [0, 0.05) is 12.0 Å². The monoisotopic (exact) mass is 414 g/mol. The van der Waals surface area contributed by atoms with Gasteiger partial charge in [-0.1, -0.05) is 57.2 Å². The Hall–Kier alpha value is -2.32. The Morgan fingerprint density at radius 1 is 0.967 bits per heavy atom. The van der Waals surface area contributed by atoms with Gasteiger partial charge >= 0.3 is 6.18 Å². The molecule has 0 bridgehead atoms. The van der Waals surface area contributed by atoms with Crippen LogP contribution in [0.15, 0.2) is 48.5 Å². The van der Waals surface area contributed by atoms with Crippen LogP contribution >= 0.6 is 0 Å². The number of alkyl halides is 3. The minimum absolute atomic E-state index is 0.0681. The zero-order valence-electron chi connectivity index (χ0n) is 17.9. The van der Waals surface area contributed by atoms with E-state index in [1.807, 2.05) is 24.3 Å². The van der Waals surface area contributed by atoms with Crippen LogP contribution < -0.4 is 0 Å². The quantitative estimate of drug-likeness (QED) is 0.493. The molecule has 30 heavy (non-hydrogen) atoms. The number of nitrogens with zero attached hydrogens (tertiary/aromatic N) is 2. The van der Waals surface area contributed by atoms with Crippen molar-refractivity contribution in [1.29, 1.82) is 0 Å². The third kappa shape index (κ3) is 4.87. The van der Waals surface area contributed by atoms with Gasteiger partial charge in [0.1, 0.15) is 0 Å². The summed E-state index contributed by atoms with van der Waals surface area (Å²) in [5, 5.41) is 0. The van der Waals surface area contributed by atoms with Crippen molar-refractivity contribution in [3.8, 4) is 11.1 Å². The number of hydrogen-bond acceptors (Lipinski definition) is 1. The molecule has 0 unspecified atom stereocenters. The predicted molar refractivity (Wildman–Crippen MR) is 115 cm³/mol. The van der Waals surface area contributed by atoms with E-state index in [1.54, 1.807) is 6.07 Å². The average Bonchev–Trinajstić information content (AvgIpc) is 2.69. The molecule has 0 aliphatic carbocycles. The Labute approximate surface area is 177 Å². The minimum atomic E-state index is -4.33. The molecule has 1 aliphatic rings. The van der Waals surface area contributed by atoms with Gasteiger partial charge in [0.25, 0.3) is 0 Å². The van der Waals surface area contributed by atoms with Gasteiger partial charge in [-0.3, -0.25) is 4.90 Å². The van der Waals surface area contributed by atoms with Gasteiger partial charge in [0.15, 0.2) is 0 Å². The van der Waals surface area contributed by atoms with Crippen LogP contribution in [0.4, 0.5) is 13.2 Å². The molecule has 160 valence electrons. The molecule has 0 N–H and O–H groups in total. The normalized spacial score (nSPS) is 17.5. The van der Waals surface area contributed by atoms with Crippen LogP contribution in [-0.2, 0) is 12.7 Å². The summed E-state index contributed by atoms with van der Waals surface area (Å²) >= 11 is 0. The van der Waals surface area contributed by atoms with Crippen molar-refractivity contribution >= 4 is 0 Å². The van der Waals surface area contributed by atoms with Gasteiger partial charge in [-0.05, 0) is 60.2 Å². The zero-order valence-corrected chi connectivity index (χ0v) is 17.9. The number of hydrogen-bond donors (Lipinski definition) is 0. The molecule has 0 saturated carbocycles. The molecule has 3 rings (SSSR count). The zero-order chi connectivity index (χ0) is 22.0. The summed E-state index contributed by atoms with van der Waals surface area (Å²) in [5.74, 6) is 0. The van der Waals surface area contributed by atoms with Gasteiger partial charge in [-0.2, -0.15) is 13.2 Å². The van der Waals surface area contributed by atoms with Crippen LogP contribution in [0.25, 0.3) is 16.0 Å². The first-order valence-corrected chi connectivity index (χ1v) is 10.4. The third-order valence-electron chi connectivity index (χ3n) is 6.67. The maximum Gasteiger partial charge on any atom is 0.416 e. The summed E-state index contributed by atoms with van der Waals surface area (Å²) < 4.78 is 38.9. The van der Waals surface area contributed by atoms with Crippen LogP contribution in [0, 0.1) is 17.4 Å². The molecule has 5 heteroatoms. The number of benzene rings is 2.